The number of hydrogen-bond acceptors (Lipinski definition) is 5. The molecule has 5 heteroatoms. The highest BCUT2D eigenvalue weighted by molar-refractivity contribution is 7.98. The number of nitrogens with two attached hydrogens (primary N) is 1. The molecule has 2 N–H and O–H groups in total. The summed E-state index contributed by atoms with van der Waals surface area (Å²) in [5, 5.41) is 3.90. The van der Waals surface area contributed by atoms with E-state index in [1.54, 1.807) is 0 Å². The lowest BCUT2D eigenvalue weighted by atomic mass is 10.1. The second-order valence-corrected chi connectivity index (χ2v) is 4.98. The van der Waals surface area contributed by atoms with Gasteiger partial charge in [0, 0.05) is 0 Å². The van der Waals surface area contributed by atoms with Crippen LogP contribution in [0, 0.1) is 5.92 Å². The Labute approximate surface area is 95.0 Å². The molecule has 0 aromatic carbocycles. The predicted molar refractivity (Wildman–Crippen MR) is 62.5 cm³/mol. The molecule has 0 saturated heterocycles. The van der Waals surface area contributed by atoms with Gasteiger partial charge >= 0.3 is 0 Å². The fourth-order valence-corrected chi connectivity index (χ4v) is 1.79. The Hall–Kier alpha value is -0.550. The van der Waals surface area contributed by atoms with Gasteiger partial charge in [0.15, 0.2) is 5.82 Å². The fourth-order valence-electron chi connectivity index (χ4n) is 1.05. The van der Waals surface area contributed by atoms with E-state index in [9.17, 15) is 0 Å². The summed E-state index contributed by atoms with van der Waals surface area (Å²) in [7, 11) is 0. The molecule has 1 heterocycles. The minimum Gasteiger partial charge on any atom is -0.338 e. The largest absolute Gasteiger partial charge is 0.338 e. The maximum absolute atomic E-state index is 5.90. The first-order valence-corrected chi connectivity index (χ1v) is 6.46. The van der Waals surface area contributed by atoms with E-state index in [2.05, 4.69) is 17.1 Å². The van der Waals surface area contributed by atoms with Crippen LogP contribution in [0.4, 0.5) is 0 Å². The normalized spacial score (nSPS) is 13.4. The van der Waals surface area contributed by atoms with Crippen LogP contribution in [0.15, 0.2) is 4.52 Å². The molecule has 0 radical (unpaired) electrons. The van der Waals surface area contributed by atoms with Crippen molar-refractivity contribution in [2.24, 2.45) is 11.7 Å². The molecule has 1 atom stereocenters. The van der Waals surface area contributed by atoms with Gasteiger partial charge < -0.3 is 10.3 Å². The van der Waals surface area contributed by atoms with Gasteiger partial charge in [-0.3, -0.25) is 0 Å². The van der Waals surface area contributed by atoms with Gasteiger partial charge in [0.25, 0.3) is 0 Å². The van der Waals surface area contributed by atoms with Crippen molar-refractivity contribution in [2.75, 3.05) is 5.75 Å². The van der Waals surface area contributed by atoms with Crippen molar-refractivity contribution in [1.29, 1.82) is 0 Å². The van der Waals surface area contributed by atoms with Crippen LogP contribution in [0.2, 0.25) is 0 Å². The highest BCUT2D eigenvalue weighted by Gasteiger charge is 2.17. The van der Waals surface area contributed by atoms with E-state index in [-0.39, 0.29) is 6.04 Å². The van der Waals surface area contributed by atoms with Crippen LogP contribution in [-0.2, 0) is 5.75 Å². The molecule has 0 bridgehead atoms. The molecule has 1 aromatic heterocycles. The minimum atomic E-state index is -0.151. The first-order chi connectivity index (χ1) is 7.15. The Bertz CT molecular complexity index is 288. The molecule has 1 rings (SSSR count). The molecule has 0 aliphatic carbocycles. The lowest BCUT2D eigenvalue weighted by molar-refractivity contribution is 0.323. The summed E-state index contributed by atoms with van der Waals surface area (Å²) < 4.78 is 5.12. The molecule has 1 aromatic rings. The summed E-state index contributed by atoms with van der Waals surface area (Å²) in [5.74, 6) is 3.56. The predicted octanol–water partition coefficient (Wildman–Crippen LogP) is 2.37. The maximum Gasteiger partial charge on any atom is 0.243 e. The Kier molecular flexibility index (Phi) is 5.11. The molecule has 0 aliphatic rings. The van der Waals surface area contributed by atoms with E-state index >= 15 is 0 Å². The Morgan fingerprint density at radius 1 is 1.47 bits per heavy atom. The first-order valence-electron chi connectivity index (χ1n) is 5.31. The SMILES string of the molecule is CCCSCc1noc(C(N)C(C)C)n1. The van der Waals surface area contributed by atoms with Gasteiger partial charge in [-0.2, -0.15) is 16.7 Å². The highest BCUT2D eigenvalue weighted by Crippen LogP contribution is 2.18. The van der Waals surface area contributed by atoms with E-state index in [1.807, 2.05) is 25.6 Å². The molecule has 0 aliphatic heterocycles. The van der Waals surface area contributed by atoms with Crippen molar-refractivity contribution in [3.63, 3.8) is 0 Å². The number of aromatic nitrogens is 2. The number of hydrogen-bond donors (Lipinski definition) is 1. The van der Waals surface area contributed by atoms with Crippen LogP contribution in [-0.4, -0.2) is 15.9 Å². The zero-order valence-electron chi connectivity index (χ0n) is 9.56. The second kappa shape index (κ2) is 6.12. The van der Waals surface area contributed by atoms with Gasteiger partial charge in [0.1, 0.15) is 0 Å². The summed E-state index contributed by atoms with van der Waals surface area (Å²) in [6, 6.07) is -0.151. The fraction of sp³-hybridized carbons (Fsp3) is 0.800. The topological polar surface area (TPSA) is 64.9 Å². The van der Waals surface area contributed by atoms with Crippen molar-refractivity contribution in [2.45, 2.75) is 39.0 Å². The monoisotopic (exact) mass is 229 g/mol. The van der Waals surface area contributed by atoms with E-state index in [1.165, 1.54) is 6.42 Å². The molecular formula is C10H19N3OS. The maximum atomic E-state index is 5.90. The molecule has 0 fully saturated rings. The van der Waals surface area contributed by atoms with Gasteiger partial charge in [0.2, 0.25) is 5.89 Å². The first kappa shape index (κ1) is 12.5. The van der Waals surface area contributed by atoms with Crippen molar-refractivity contribution in [1.82, 2.24) is 10.1 Å². The van der Waals surface area contributed by atoms with E-state index in [4.69, 9.17) is 10.3 Å². The summed E-state index contributed by atoms with van der Waals surface area (Å²) in [5.41, 5.74) is 5.90. The smallest absolute Gasteiger partial charge is 0.243 e. The minimum absolute atomic E-state index is 0.151. The third kappa shape index (κ3) is 3.83. The highest BCUT2D eigenvalue weighted by atomic mass is 32.2. The van der Waals surface area contributed by atoms with Gasteiger partial charge in [0.05, 0.1) is 11.8 Å². The van der Waals surface area contributed by atoms with Gasteiger partial charge in [-0.25, -0.2) is 0 Å². The number of nitrogens with zero attached hydrogens (tertiary/aromatic N) is 2. The molecule has 0 saturated carbocycles. The molecule has 86 valence electrons. The molecular weight excluding hydrogens is 210 g/mol. The van der Waals surface area contributed by atoms with Crippen molar-refractivity contribution in [3.05, 3.63) is 11.7 Å². The van der Waals surface area contributed by atoms with Crippen LogP contribution in [0.25, 0.3) is 0 Å². The third-order valence-corrected chi connectivity index (χ3v) is 3.23. The van der Waals surface area contributed by atoms with E-state index in [0.29, 0.717) is 11.8 Å². The molecule has 1 unspecified atom stereocenters. The molecule has 0 spiro atoms. The zero-order chi connectivity index (χ0) is 11.3. The van der Waals surface area contributed by atoms with Crippen LogP contribution in [0.1, 0.15) is 44.9 Å². The van der Waals surface area contributed by atoms with E-state index in [0.717, 1.165) is 17.3 Å². The number of thioether (sulfide) groups is 1. The summed E-state index contributed by atoms with van der Waals surface area (Å²) in [4.78, 5) is 4.28. The Morgan fingerprint density at radius 2 is 2.20 bits per heavy atom. The second-order valence-electron chi connectivity index (χ2n) is 3.87. The Morgan fingerprint density at radius 3 is 2.80 bits per heavy atom. The summed E-state index contributed by atoms with van der Waals surface area (Å²) in [6.07, 6.45) is 1.17. The molecule has 4 nitrogen and oxygen atoms in total. The molecule has 15 heavy (non-hydrogen) atoms. The number of rotatable bonds is 6. The standard InChI is InChI=1S/C10H19N3OS/c1-4-5-15-6-8-12-10(14-13-8)9(11)7(2)3/h7,9H,4-6,11H2,1-3H3. The van der Waals surface area contributed by atoms with Crippen LogP contribution < -0.4 is 5.73 Å². The van der Waals surface area contributed by atoms with Gasteiger partial charge in [-0.1, -0.05) is 25.9 Å². The lowest BCUT2D eigenvalue weighted by Crippen LogP contribution is -2.17. The average Bonchev–Trinajstić information content (AvgIpc) is 2.65. The van der Waals surface area contributed by atoms with Gasteiger partial charge in [-0.05, 0) is 18.1 Å². The lowest BCUT2D eigenvalue weighted by Gasteiger charge is -2.09. The van der Waals surface area contributed by atoms with Crippen molar-refractivity contribution < 1.29 is 4.52 Å². The summed E-state index contributed by atoms with van der Waals surface area (Å²) >= 11 is 1.81. The molecule has 0 amide bonds. The summed E-state index contributed by atoms with van der Waals surface area (Å²) in [6.45, 7) is 6.24. The average molecular weight is 229 g/mol. The van der Waals surface area contributed by atoms with Crippen molar-refractivity contribution >= 4 is 11.8 Å². The van der Waals surface area contributed by atoms with Crippen LogP contribution in [0.5, 0.6) is 0 Å². The van der Waals surface area contributed by atoms with Crippen LogP contribution >= 0.6 is 11.8 Å². The zero-order valence-corrected chi connectivity index (χ0v) is 10.4. The van der Waals surface area contributed by atoms with Crippen molar-refractivity contribution in [3.8, 4) is 0 Å². The Balaban J connectivity index is 2.48. The van der Waals surface area contributed by atoms with Crippen LogP contribution in [0.3, 0.4) is 0 Å². The third-order valence-electron chi connectivity index (χ3n) is 2.07. The quantitative estimate of drug-likeness (QED) is 0.759. The van der Waals surface area contributed by atoms with Gasteiger partial charge in [-0.15, -0.1) is 0 Å². The van der Waals surface area contributed by atoms with E-state index < -0.39 is 0 Å².